The van der Waals surface area contributed by atoms with Crippen LogP contribution in [0, 0.1) is 0 Å². The Kier molecular flexibility index (Phi) is 11.5. The molecule has 1 aliphatic rings. The Hall–Kier alpha value is -1.78. The van der Waals surface area contributed by atoms with Gasteiger partial charge in [-0.05, 0) is 59.1 Å². The number of aliphatic imine (C=N–C) groups is 1. The first-order valence-electron chi connectivity index (χ1n) is 11.2. The van der Waals surface area contributed by atoms with E-state index in [1.54, 1.807) is 7.05 Å². The van der Waals surface area contributed by atoms with Crippen LogP contribution in [0.25, 0.3) is 0 Å². The van der Waals surface area contributed by atoms with Crippen molar-refractivity contribution in [3.63, 3.8) is 0 Å². The molecule has 0 bridgehead atoms. The number of nitrogens with one attached hydrogen (secondary N) is 3. The standard InChI is InChI=1S/C23H40N6O2.HI/c1-22(2,3)31-21(30)28-23(4,5)17-27-20(24-6)26-16-18-11-12-19(25-15-18)29-13-9-7-8-10-14-29;/h11-12,15H,7-10,13-14,16-17H2,1-6H3,(H,28,30)(H2,24,26,27);1H. The van der Waals surface area contributed by atoms with Gasteiger partial charge in [0.15, 0.2) is 5.96 Å². The maximum atomic E-state index is 12.0. The average Bonchev–Trinajstić information content (AvgIpc) is 2.96. The molecule has 1 aromatic heterocycles. The second-order valence-electron chi connectivity index (χ2n) is 9.72. The van der Waals surface area contributed by atoms with E-state index in [-0.39, 0.29) is 24.0 Å². The van der Waals surface area contributed by atoms with E-state index in [0.29, 0.717) is 19.0 Å². The van der Waals surface area contributed by atoms with Gasteiger partial charge >= 0.3 is 6.09 Å². The molecule has 8 nitrogen and oxygen atoms in total. The predicted molar refractivity (Wildman–Crippen MR) is 142 cm³/mol. The Morgan fingerprint density at radius 3 is 2.28 bits per heavy atom. The summed E-state index contributed by atoms with van der Waals surface area (Å²) in [6.45, 7) is 12.7. The van der Waals surface area contributed by atoms with Crippen LogP contribution in [-0.4, -0.2) is 54.9 Å². The maximum absolute atomic E-state index is 12.0. The molecule has 0 atom stereocenters. The van der Waals surface area contributed by atoms with Crippen LogP contribution in [-0.2, 0) is 11.3 Å². The first kappa shape index (κ1) is 28.3. The molecule has 0 radical (unpaired) electrons. The molecule has 1 fully saturated rings. The molecular formula is C23H41IN6O2. The molecule has 1 amide bonds. The number of nitrogens with zero attached hydrogens (tertiary/aromatic N) is 3. The quantitative estimate of drug-likeness (QED) is 0.277. The van der Waals surface area contributed by atoms with Gasteiger partial charge in [0.2, 0.25) is 0 Å². The van der Waals surface area contributed by atoms with Gasteiger partial charge in [0, 0.05) is 39.4 Å². The van der Waals surface area contributed by atoms with Crippen LogP contribution >= 0.6 is 24.0 Å². The lowest BCUT2D eigenvalue weighted by Gasteiger charge is -2.29. The van der Waals surface area contributed by atoms with Crippen molar-refractivity contribution in [3.05, 3.63) is 23.9 Å². The number of alkyl carbamates (subject to hydrolysis) is 1. The topological polar surface area (TPSA) is 90.9 Å². The molecule has 3 N–H and O–H groups in total. The lowest BCUT2D eigenvalue weighted by Crippen LogP contribution is -2.54. The number of ether oxygens (including phenoxy) is 1. The zero-order valence-electron chi connectivity index (χ0n) is 20.5. The molecule has 182 valence electrons. The van der Waals surface area contributed by atoms with Crippen molar-refractivity contribution in [2.24, 2.45) is 4.99 Å². The van der Waals surface area contributed by atoms with Gasteiger partial charge in [-0.1, -0.05) is 18.9 Å². The van der Waals surface area contributed by atoms with Gasteiger partial charge in [0.1, 0.15) is 11.4 Å². The van der Waals surface area contributed by atoms with Gasteiger partial charge in [-0.15, -0.1) is 24.0 Å². The van der Waals surface area contributed by atoms with E-state index in [2.05, 4.69) is 43.0 Å². The second-order valence-corrected chi connectivity index (χ2v) is 9.72. The number of guanidine groups is 1. The van der Waals surface area contributed by atoms with E-state index in [4.69, 9.17) is 4.74 Å². The van der Waals surface area contributed by atoms with E-state index in [0.717, 1.165) is 24.5 Å². The minimum absolute atomic E-state index is 0. The summed E-state index contributed by atoms with van der Waals surface area (Å²) >= 11 is 0. The van der Waals surface area contributed by atoms with Crippen LogP contribution in [0.2, 0.25) is 0 Å². The Balaban J connectivity index is 0.00000512. The van der Waals surface area contributed by atoms with Gasteiger partial charge in [0.25, 0.3) is 0 Å². The van der Waals surface area contributed by atoms with Crippen LogP contribution in [0.3, 0.4) is 0 Å². The molecule has 9 heteroatoms. The minimum atomic E-state index is -0.526. The number of amides is 1. The van der Waals surface area contributed by atoms with Gasteiger partial charge < -0.3 is 25.6 Å². The fourth-order valence-corrected chi connectivity index (χ4v) is 3.34. The molecule has 0 unspecified atom stereocenters. The number of carbonyl (C=O) groups is 1. The van der Waals surface area contributed by atoms with E-state index >= 15 is 0 Å². The molecule has 2 rings (SSSR count). The zero-order valence-corrected chi connectivity index (χ0v) is 22.8. The summed E-state index contributed by atoms with van der Waals surface area (Å²) in [4.78, 5) is 23.3. The van der Waals surface area contributed by atoms with Crippen molar-refractivity contribution in [3.8, 4) is 0 Å². The highest BCUT2D eigenvalue weighted by molar-refractivity contribution is 14.0. The normalized spacial score (nSPS) is 15.3. The lowest BCUT2D eigenvalue weighted by atomic mass is 10.1. The smallest absolute Gasteiger partial charge is 0.408 e. The summed E-state index contributed by atoms with van der Waals surface area (Å²) in [5.41, 5.74) is 0.0610. The minimum Gasteiger partial charge on any atom is -0.444 e. The third kappa shape index (κ3) is 10.7. The molecule has 1 saturated heterocycles. The molecular weight excluding hydrogens is 519 g/mol. The van der Waals surface area contributed by atoms with E-state index < -0.39 is 17.2 Å². The van der Waals surface area contributed by atoms with Crippen LogP contribution in [0.5, 0.6) is 0 Å². The highest BCUT2D eigenvalue weighted by Gasteiger charge is 2.24. The van der Waals surface area contributed by atoms with Crippen LogP contribution in [0.15, 0.2) is 23.3 Å². The van der Waals surface area contributed by atoms with Crippen molar-refractivity contribution >= 4 is 41.8 Å². The van der Waals surface area contributed by atoms with Crippen molar-refractivity contribution in [1.82, 2.24) is 20.9 Å². The fraction of sp³-hybridized carbons (Fsp3) is 0.696. The molecule has 1 aliphatic heterocycles. The number of rotatable bonds is 6. The van der Waals surface area contributed by atoms with E-state index in [1.165, 1.54) is 25.7 Å². The summed E-state index contributed by atoms with van der Waals surface area (Å²) in [6.07, 6.45) is 6.61. The summed E-state index contributed by atoms with van der Waals surface area (Å²) in [7, 11) is 1.73. The molecule has 0 saturated carbocycles. The number of halogens is 1. The van der Waals surface area contributed by atoms with Crippen LogP contribution < -0.4 is 20.9 Å². The number of hydrogen-bond donors (Lipinski definition) is 3. The Morgan fingerprint density at radius 2 is 1.75 bits per heavy atom. The van der Waals surface area contributed by atoms with Crippen molar-refractivity contribution in [2.75, 3.05) is 31.6 Å². The number of aromatic nitrogens is 1. The summed E-state index contributed by atoms with van der Waals surface area (Å²) in [5, 5.41) is 9.45. The highest BCUT2D eigenvalue weighted by atomic mass is 127. The number of anilines is 1. The van der Waals surface area contributed by atoms with Crippen molar-refractivity contribution < 1.29 is 9.53 Å². The number of carbonyl (C=O) groups excluding carboxylic acids is 1. The zero-order chi connectivity index (χ0) is 22.9. The molecule has 0 aromatic carbocycles. The highest BCUT2D eigenvalue weighted by Crippen LogP contribution is 2.17. The van der Waals surface area contributed by atoms with Crippen LogP contribution in [0.1, 0.15) is 65.9 Å². The molecule has 2 heterocycles. The Morgan fingerprint density at radius 1 is 1.09 bits per heavy atom. The first-order valence-corrected chi connectivity index (χ1v) is 11.2. The number of pyridine rings is 1. The Labute approximate surface area is 210 Å². The molecule has 1 aromatic rings. The monoisotopic (exact) mass is 560 g/mol. The van der Waals surface area contributed by atoms with Gasteiger partial charge in [0.05, 0.1) is 5.54 Å². The van der Waals surface area contributed by atoms with Crippen molar-refractivity contribution in [1.29, 1.82) is 0 Å². The second kappa shape index (κ2) is 13.1. The summed E-state index contributed by atoms with van der Waals surface area (Å²) in [5.74, 6) is 1.72. The van der Waals surface area contributed by atoms with Gasteiger partial charge in [-0.2, -0.15) is 0 Å². The molecule has 32 heavy (non-hydrogen) atoms. The van der Waals surface area contributed by atoms with Gasteiger partial charge in [-0.3, -0.25) is 4.99 Å². The van der Waals surface area contributed by atoms with Gasteiger partial charge in [-0.25, -0.2) is 9.78 Å². The fourth-order valence-electron chi connectivity index (χ4n) is 3.34. The largest absolute Gasteiger partial charge is 0.444 e. The third-order valence-electron chi connectivity index (χ3n) is 4.96. The number of hydrogen-bond acceptors (Lipinski definition) is 5. The third-order valence-corrected chi connectivity index (χ3v) is 4.96. The first-order chi connectivity index (χ1) is 14.6. The Bertz CT molecular complexity index is 723. The summed E-state index contributed by atoms with van der Waals surface area (Å²) in [6, 6.07) is 4.22. The molecule has 0 spiro atoms. The van der Waals surface area contributed by atoms with E-state index in [1.807, 2.05) is 40.8 Å². The van der Waals surface area contributed by atoms with E-state index in [9.17, 15) is 4.79 Å². The molecule has 0 aliphatic carbocycles. The lowest BCUT2D eigenvalue weighted by molar-refractivity contribution is 0.0474. The maximum Gasteiger partial charge on any atom is 0.408 e. The predicted octanol–water partition coefficient (Wildman–Crippen LogP) is 4.05. The van der Waals surface area contributed by atoms with Crippen LogP contribution in [0.4, 0.5) is 10.6 Å². The van der Waals surface area contributed by atoms with Crippen molar-refractivity contribution in [2.45, 2.75) is 78.0 Å². The average molecular weight is 561 g/mol. The SMILES string of the molecule is CN=C(NCc1ccc(N2CCCCCC2)nc1)NCC(C)(C)NC(=O)OC(C)(C)C.I. The summed E-state index contributed by atoms with van der Waals surface area (Å²) < 4.78 is 5.34.